The van der Waals surface area contributed by atoms with Crippen LogP contribution < -0.4 is 21.1 Å². The second kappa shape index (κ2) is 14.4. The van der Waals surface area contributed by atoms with Crippen LogP contribution in [-0.2, 0) is 16.5 Å². The molecule has 2 fully saturated rings. The van der Waals surface area contributed by atoms with E-state index in [-0.39, 0.29) is 36.3 Å². The second-order valence-electron chi connectivity index (χ2n) is 10.6. The van der Waals surface area contributed by atoms with E-state index >= 15 is 4.39 Å². The molecule has 0 bridgehead atoms. The molecule has 0 amide bonds. The highest BCUT2D eigenvalue weighted by Crippen LogP contribution is 2.32. The Bertz CT molecular complexity index is 1490. The number of fused-ring (bicyclic) bond motifs is 1. The lowest BCUT2D eigenvalue weighted by atomic mass is 9.83. The van der Waals surface area contributed by atoms with E-state index in [9.17, 15) is 10.1 Å². The zero-order valence-corrected chi connectivity index (χ0v) is 24.5. The molecule has 0 spiro atoms. The molecule has 230 valence electrons. The number of hydrogen-bond donors (Lipinski definition) is 2. The minimum absolute atomic E-state index is 0.0166. The number of nitrogens with one attached hydrogen (secondary N) is 2. The van der Waals surface area contributed by atoms with E-state index in [1.54, 1.807) is 7.11 Å². The molecule has 0 saturated carbocycles. The molecule has 2 N–H and O–H groups in total. The molecule has 2 aromatic heterocycles. The zero-order chi connectivity index (χ0) is 30.2. The molecular weight excluding hydrogens is 559 g/mol. The number of nitrogens with zero attached hydrogens (tertiary/aromatic N) is 8. The number of halogens is 1. The van der Waals surface area contributed by atoms with Gasteiger partial charge < -0.3 is 29.7 Å². The van der Waals surface area contributed by atoms with Crippen LogP contribution in [0.3, 0.4) is 0 Å². The van der Waals surface area contributed by atoms with Gasteiger partial charge in [0.05, 0.1) is 31.7 Å². The van der Waals surface area contributed by atoms with Crippen molar-refractivity contribution in [2.24, 2.45) is 13.0 Å². The Morgan fingerprint density at radius 3 is 2.74 bits per heavy atom. The van der Waals surface area contributed by atoms with E-state index < -0.39 is 11.5 Å². The molecular formula is C28H37FN10O4. The van der Waals surface area contributed by atoms with Crippen LogP contribution in [0.25, 0.3) is 5.69 Å². The standard InChI is InChI=1S/C28H37FN10O4/c1-37-28(40)39(36-35-37)24-15-22(21(29)14-25(24)43-13-12-42-11-10-41-2)33-27-32-18-20(16-30)26(34-27)31-17-19-6-5-9-38-8-4-3-7-23(19)38/h14-15,18-19,23H,3-13,17H2,1-2H3,(H2,31,32,33,34). The Morgan fingerprint density at radius 1 is 1.12 bits per heavy atom. The minimum atomic E-state index is -0.668. The van der Waals surface area contributed by atoms with Crippen molar-refractivity contribution in [2.45, 2.75) is 38.1 Å². The van der Waals surface area contributed by atoms with E-state index in [1.165, 1.54) is 38.6 Å². The topological polar surface area (TPSA) is 157 Å². The van der Waals surface area contributed by atoms with Crippen LogP contribution in [0, 0.1) is 23.1 Å². The molecule has 4 heterocycles. The zero-order valence-electron chi connectivity index (χ0n) is 24.5. The number of aromatic nitrogens is 6. The summed E-state index contributed by atoms with van der Waals surface area (Å²) in [5.41, 5.74) is -0.0954. The van der Waals surface area contributed by atoms with Crippen LogP contribution in [-0.4, -0.2) is 93.9 Å². The van der Waals surface area contributed by atoms with Crippen LogP contribution >= 0.6 is 0 Å². The van der Waals surface area contributed by atoms with Gasteiger partial charge in [-0.1, -0.05) is 6.42 Å². The van der Waals surface area contributed by atoms with Gasteiger partial charge in [-0.15, -0.1) is 0 Å². The summed E-state index contributed by atoms with van der Waals surface area (Å²) in [6, 6.07) is 5.20. The summed E-state index contributed by atoms with van der Waals surface area (Å²) in [6.07, 6.45) is 7.35. The van der Waals surface area contributed by atoms with Crippen LogP contribution in [0.15, 0.2) is 23.1 Å². The summed E-state index contributed by atoms with van der Waals surface area (Å²) in [5.74, 6) is 0.328. The van der Waals surface area contributed by atoms with Crippen molar-refractivity contribution in [1.82, 2.24) is 34.7 Å². The number of methoxy groups -OCH3 is 1. The van der Waals surface area contributed by atoms with E-state index in [0.717, 1.165) is 41.4 Å². The van der Waals surface area contributed by atoms with Gasteiger partial charge in [0.2, 0.25) is 5.95 Å². The van der Waals surface area contributed by atoms with Gasteiger partial charge in [0.1, 0.15) is 35.5 Å². The van der Waals surface area contributed by atoms with Crippen LogP contribution in [0.5, 0.6) is 5.75 Å². The molecule has 0 radical (unpaired) electrons. The maximum Gasteiger partial charge on any atom is 0.368 e. The molecule has 2 aliphatic heterocycles. The first kappa shape index (κ1) is 30.3. The molecule has 5 rings (SSSR count). The van der Waals surface area contributed by atoms with Gasteiger partial charge in [0.25, 0.3) is 0 Å². The average Bonchev–Trinajstić information content (AvgIpc) is 3.36. The molecule has 2 atom stereocenters. The van der Waals surface area contributed by atoms with Crippen molar-refractivity contribution in [1.29, 1.82) is 5.26 Å². The number of nitriles is 1. The van der Waals surface area contributed by atoms with Crippen LogP contribution in [0.1, 0.15) is 37.7 Å². The van der Waals surface area contributed by atoms with Crippen molar-refractivity contribution in [3.05, 3.63) is 40.2 Å². The summed E-state index contributed by atoms with van der Waals surface area (Å²) >= 11 is 0. The number of rotatable bonds is 13. The molecule has 2 saturated heterocycles. The third-order valence-electron chi connectivity index (χ3n) is 7.83. The normalized spacial score (nSPS) is 18.6. The van der Waals surface area contributed by atoms with Gasteiger partial charge in [-0.25, -0.2) is 14.2 Å². The first-order valence-corrected chi connectivity index (χ1v) is 14.5. The maximum absolute atomic E-state index is 15.4. The third kappa shape index (κ3) is 7.27. The highest BCUT2D eigenvalue weighted by Gasteiger charge is 2.33. The number of tetrazole rings is 1. The Balaban J connectivity index is 1.34. The quantitative estimate of drug-likeness (QED) is 0.278. The van der Waals surface area contributed by atoms with Crippen molar-refractivity contribution in [3.8, 4) is 17.5 Å². The first-order chi connectivity index (χ1) is 21.0. The Kier molecular flexibility index (Phi) is 10.1. The number of ether oxygens (including phenoxy) is 3. The molecule has 15 heteroatoms. The largest absolute Gasteiger partial charge is 0.489 e. The minimum Gasteiger partial charge on any atom is -0.489 e. The summed E-state index contributed by atoms with van der Waals surface area (Å²) in [6.45, 7) is 4.12. The molecule has 3 aromatic rings. The summed E-state index contributed by atoms with van der Waals surface area (Å²) in [4.78, 5) is 24.0. The predicted octanol–water partition coefficient (Wildman–Crippen LogP) is 2.23. The lowest BCUT2D eigenvalue weighted by Gasteiger charge is -2.44. The summed E-state index contributed by atoms with van der Waals surface area (Å²) in [5, 5.41) is 23.6. The third-order valence-corrected chi connectivity index (χ3v) is 7.83. The predicted molar refractivity (Wildman–Crippen MR) is 155 cm³/mol. The Labute approximate surface area is 248 Å². The van der Waals surface area contributed by atoms with Crippen LogP contribution in [0.4, 0.5) is 21.8 Å². The lowest BCUT2D eigenvalue weighted by Crippen LogP contribution is -2.49. The van der Waals surface area contributed by atoms with E-state index in [0.29, 0.717) is 43.1 Å². The fourth-order valence-electron chi connectivity index (χ4n) is 5.66. The van der Waals surface area contributed by atoms with Crippen molar-refractivity contribution >= 4 is 17.5 Å². The molecule has 0 aliphatic carbocycles. The highest BCUT2D eigenvalue weighted by molar-refractivity contribution is 5.64. The fraction of sp³-hybridized carbons (Fsp3) is 0.571. The molecule has 2 aliphatic rings. The van der Waals surface area contributed by atoms with Crippen molar-refractivity contribution in [2.75, 3.05) is 63.8 Å². The summed E-state index contributed by atoms with van der Waals surface area (Å²) in [7, 11) is 3.03. The van der Waals surface area contributed by atoms with Gasteiger partial charge in [-0.3, -0.25) is 0 Å². The van der Waals surface area contributed by atoms with Gasteiger partial charge in [0.15, 0.2) is 5.82 Å². The Morgan fingerprint density at radius 2 is 1.95 bits per heavy atom. The van der Waals surface area contributed by atoms with Gasteiger partial charge >= 0.3 is 5.69 Å². The maximum atomic E-state index is 15.4. The molecule has 1 aromatic carbocycles. The number of hydrogen-bond acceptors (Lipinski definition) is 12. The van der Waals surface area contributed by atoms with Gasteiger partial charge in [0, 0.05) is 32.8 Å². The van der Waals surface area contributed by atoms with Crippen LogP contribution in [0.2, 0.25) is 0 Å². The van der Waals surface area contributed by atoms with E-state index in [4.69, 9.17) is 14.2 Å². The molecule has 43 heavy (non-hydrogen) atoms. The highest BCUT2D eigenvalue weighted by atomic mass is 19.1. The van der Waals surface area contributed by atoms with Gasteiger partial charge in [-0.2, -0.15) is 19.6 Å². The monoisotopic (exact) mass is 596 g/mol. The average molecular weight is 597 g/mol. The number of piperidine rings is 2. The second-order valence-corrected chi connectivity index (χ2v) is 10.6. The molecule has 2 unspecified atom stereocenters. The summed E-state index contributed by atoms with van der Waals surface area (Å²) < 4.78 is 33.5. The number of aryl methyl sites for hydroxylation is 1. The van der Waals surface area contributed by atoms with Gasteiger partial charge in [-0.05, 0) is 61.2 Å². The van der Waals surface area contributed by atoms with Crippen molar-refractivity contribution in [3.63, 3.8) is 0 Å². The lowest BCUT2D eigenvalue weighted by molar-refractivity contribution is 0.0543. The molecule has 14 nitrogen and oxygen atoms in total. The smallest absolute Gasteiger partial charge is 0.368 e. The number of benzene rings is 1. The van der Waals surface area contributed by atoms with Crippen molar-refractivity contribution < 1.29 is 18.6 Å². The SMILES string of the molecule is COCCOCCOc1cc(F)c(Nc2ncc(C#N)c(NCC3CCCN4CCCCC34)n2)cc1-n1nnn(C)c1=O. The number of anilines is 3. The fourth-order valence-corrected chi connectivity index (χ4v) is 5.66. The van der Waals surface area contributed by atoms with E-state index in [1.807, 2.05) is 0 Å². The Hall–Kier alpha value is -4.13. The van der Waals surface area contributed by atoms with E-state index in [2.05, 4.69) is 42.0 Å². The first-order valence-electron chi connectivity index (χ1n) is 14.5.